The largest absolute Gasteiger partial charge is 0.507 e. The molecule has 0 saturated carbocycles. The number of hydrogen-bond donors (Lipinski definition) is 2. The summed E-state index contributed by atoms with van der Waals surface area (Å²) >= 11 is 3.49. The number of phenolic OH excluding ortho intramolecular Hbond substituents is 1. The summed E-state index contributed by atoms with van der Waals surface area (Å²) < 4.78 is 1.27. The first kappa shape index (κ1) is 20.6. The highest BCUT2D eigenvalue weighted by Crippen LogP contribution is 2.44. The Hall–Kier alpha value is -2.70. The number of amides is 1. The van der Waals surface area contributed by atoms with E-state index in [0.29, 0.717) is 12.1 Å². The van der Waals surface area contributed by atoms with E-state index in [1.54, 1.807) is 41.3 Å². The molecule has 1 amide bonds. The topological polar surface area (TPSA) is 52.6 Å². The van der Waals surface area contributed by atoms with Crippen molar-refractivity contribution < 1.29 is 9.90 Å². The molecule has 0 bridgehead atoms. The second kappa shape index (κ2) is 8.20. The van der Waals surface area contributed by atoms with Gasteiger partial charge in [0.2, 0.25) is 0 Å². The predicted molar refractivity (Wildman–Crippen MR) is 128 cm³/mol. The highest BCUT2D eigenvalue weighted by atomic mass is 32.2. The second-order valence-corrected chi connectivity index (χ2v) is 10.2. The Morgan fingerprint density at radius 1 is 1.17 bits per heavy atom. The third-order valence-electron chi connectivity index (χ3n) is 4.90. The van der Waals surface area contributed by atoms with Crippen LogP contribution in [-0.4, -0.2) is 17.6 Å². The summed E-state index contributed by atoms with van der Waals surface area (Å²) in [6.07, 6.45) is 4.38. The number of aromatic hydroxyl groups is 1. The van der Waals surface area contributed by atoms with Gasteiger partial charge in [0.25, 0.3) is 5.91 Å². The van der Waals surface area contributed by atoms with E-state index in [0.717, 1.165) is 5.03 Å². The van der Waals surface area contributed by atoms with Crippen molar-refractivity contribution in [2.24, 2.45) is 5.41 Å². The van der Waals surface area contributed by atoms with E-state index in [9.17, 15) is 9.90 Å². The Morgan fingerprint density at radius 3 is 2.70 bits per heavy atom. The number of para-hydroxylation sites is 1. The maximum Gasteiger partial charge on any atom is 0.255 e. The first-order valence-corrected chi connectivity index (χ1v) is 11.4. The first-order chi connectivity index (χ1) is 14.3. The lowest BCUT2D eigenvalue weighted by Crippen LogP contribution is -2.33. The lowest BCUT2D eigenvalue weighted by molar-refractivity contribution is 0.0940. The number of anilines is 1. The molecule has 0 atom stereocenters. The Bertz CT molecular complexity index is 1160. The molecule has 2 N–H and O–H groups in total. The molecule has 0 fully saturated rings. The van der Waals surface area contributed by atoms with Crippen LogP contribution in [0, 0.1) is 5.41 Å². The van der Waals surface area contributed by atoms with Gasteiger partial charge in [-0.15, -0.1) is 11.3 Å². The summed E-state index contributed by atoms with van der Waals surface area (Å²) in [6.45, 7) is 6.77. The second-order valence-electron chi connectivity index (χ2n) is 8.00. The lowest BCUT2D eigenvalue weighted by Gasteiger charge is -2.25. The summed E-state index contributed by atoms with van der Waals surface area (Å²) in [4.78, 5) is 16.0. The molecule has 30 heavy (non-hydrogen) atoms. The summed E-state index contributed by atoms with van der Waals surface area (Å²) in [7, 11) is 0. The Balaban J connectivity index is 1.54. The van der Waals surface area contributed by atoms with Gasteiger partial charge in [0.15, 0.2) is 0 Å². The SMILES string of the molecule is CC1=CN(c2csc3ccccc23)C(=CC(C)(C)CNC(=O)c2ccccc2O)S1. The Morgan fingerprint density at radius 2 is 1.90 bits per heavy atom. The van der Waals surface area contributed by atoms with Gasteiger partial charge in [-0.3, -0.25) is 4.79 Å². The molecule has 2 aromatic carbocycles. The number of fused-ring (bicyclic) bond motifs is 1. The van der Waals surface area contributed by atoms with E-state index in [1.165, 1.54) is 26.7 Å². The zero-order chi connectivity index (χ0) is 21.3. The fraction of sp³-hybridized carbons (Fsp3) is 0.208. The number of thiophene rings is 1. The molecule has 0 unspecified atom stereocenters. The Labute approximate surface area is 184 Å². The van der Waals surface area contributed by atoms with E-state index in [-0.39, 0.29) is 17.1 Å². The van der Waals surface area contributed by atoms with Crippen LogP contribution >= 0.6 is 23.1 Å². The van der Waals surface area contributed by atoms with E-state index in [4.69, 9.17) is 0 Å². The highest BCUT2D eigenvalue weighted by molar-refractivity contribution is 8.07. The van der Waals surface area contributed by atoms with Gasteiger partial charge in [-0.05, 0) is 31.2 Å². The predicted octanol–water partition coefficient (Wildman–Crippen LogP) is 6.32. The van der Waals surface area contributed by atoms with Crippen molar-refractivity contribution in [3.05, 3.63) is 81.7 Å². The van der Waals surface area contributed by atoms with E-state index >= 15 is 0 Å². The van der Waals surface area contributed by atoms with Gasteiger partial charge in [-0.25, -0.2) is 0 Å². The number of carbonyl (C=O) groups is 1. The molecule has 0 radical (unpaired) electrons. The minimum atomic E-state index is -0.273. The molecule has 1 aliphatic heterocycles. The number of nitrogens with one attached hydrogen (secondary N) is 1. The van der Waals surface area contributed by atoms with Crippen LogP contribution in [0.2, 0.25) is 0 Å². The van der Waals surface area contributed by atoms with Gasteiger partial charge in [0, 0.05) is 38.5 Å². The lowest BCUT2D eigenvalue weighted by atomic mass is 9.93. The molecule has 0 aliphatic carbocycles. The number of benzene rings is 2. The van der Waals surface area contributed by atoms with Crippen LogP contribution < -0.4 is 10.2 Å². The Kier molecular flexibility index (Phi) is 5.62. The van der Waals surface area contributed by atoms with Gasteiger partial charge in [0.1, 0.15) is 5.75 Å². The zero-order valence-electron chi connectivity index (χ0n) is 17.2. The zero-order valence-corrected chi connectivity index (χ0v) is 18.8. The minimum Gasteiger partial charge on any atom is -0.507 e. The molecule has 1 aliphatic rings. The quantitative estimate of drug-likeness (QED) is 0.491. The molecular formula is C24H24N2O2S2. The van der Waals surface area contributed by atoms with Crippen LogP contribution in [0.1, 0.15) is 31.1 Å². The van der Waals surface area contributed by atoms with Crippen LogP contribution in [0.15, 0.2) is 76.1 Å². The smallest absolute Gasteiger partial charge is 0.255 e. The number of carbonyl (C=O) groups excluding carboxylic acids is 1. The van der Waals surface area contributed by atoms with E-state index in [1.807, 2.05) is 0 Å². The molecule has 0 spiro atoms. The van der Waals surface area contributed by atoms with Crippen LogP contribution in [0.4, 0.5) is 5.69 Å². The number of nitrogens with zero attached hydrogens (tertiary/aromatic N) is 1. The molecular weight excluding hydrogens is 412 g/mol. The first-order valence-electron chi connectivity index (χ1n) is 9.75. The van der Waals surface area contributed by atoms with Crippen molar-refractivity contribution in [2.75, 3.05) is 11.4 Å². The molecule has 3 aromatic rings. The summed E-state index contributed by atoms with van der Waals surface area (Å²) in [5.41, 5.74) is 1.20. The van der Waals surface area contributed by atoms with Crippen LogP contribution in [0.25, 0.3) is 10.1 Å². The standard InChI is InChI=1S/C24H24N2O2S2/c1-16-13-26(19-14-29-21-11-7-5-8-17(19)21)22(30-16)12-24(2,3)15-25-23(28)18-9-4-6-10-20(18)27/h4-14,27H,15H2,1-3H3,(H,25,28). The third kappa shape index (κ3) is 4.25. The van der Waals surface area contributed by atoms with Crippen molar-refractivity contribution in [3.63, 3.8) is 0 Å². The molecule has 6 heteroatoms. The van der Waals surface area contributed by atoms with Crippen molar-refractivity contribution in [1.82, 2.24) is 5.32 Å². The molecule has 154 valence electrons. The highest BCUT2D eigenvalue weighted by Gasteiger charge is 2.26. The van der Waals surface area contributed by atoms with Gasteiger partial charge in [-0.1, -0.05) is 55.9 Å². The van der Waals surface area contributed by atoms with E-state index in [2.05, 4.69) is 72.9 Å². The van der Waals surface area contributed by atoms with Crippen molar-refractivity contribution >= 4 is 44.8 Å². The van der Waals surface area contributed by atoms with Crippen molar-refractivity contribution in [2.45, 2.75) is 20.8 Å². The van der Waals surface area contributed by atoms with Gasteiger partial charge in [-0.2, -0.15) is 0 Å². The van der Waals surface area contributed by atoms with Gasteiger partial charge < -0.3 is 15.3 Å². The maximum atomic E-state index is 12.5. The summed E-state index contributed by atoms with van der Waals surface area (Å²) in [5.74, 6) is -0.276. The van der Waals surface area contributed by atoms with E-state index < -0.39 is 0 Å². The third-order valence-corrected chi connectivity index (χ3v) is 6.80. The molecule has 2 heterocycles. The van der Waals surface area contributed by atoms with Gasteiger partial charge in [0.05, 0.1) is 16.3 Å². The number of phenols is 1. The molecule has 4 nitrogen and oxygen atoms in total. The summed E-state index contributed by atoms with van der Waals surface area (Å²) in [5, 5.41) is 17.4. The monoisotopic (exact) mass is 436 g/mol. The van der Waals surface area contributed by atoms with Crippen LogP contribution in [0.5, 0.6) is 5.75 Å². The molecule has 1 aromatic heterocycles. The number of allylic oxidation sites excluding steroid dienone is 1. The summed E-state index contributed by atoms with van der Waals surface area (Å²) in [6, 6.07) is 15.0. The fourth-order valence-electron chi connectivity index (χ4n) is 3.38. The van der Waals surface area contributed by atoms with Crippen molar-refractivity contribution in [3.8, 4) is 5.75 Å². The van der Waals surface area contributed by atoms with Crippen molar-refractivity contribution in [1.29, 1.82) is 0 Å². The maximum absolute atomic E-state index is 12.5. The number of hydrogen-bond acceptors (Lipinski definition) is 5. The normalized spacial score (nSPS) is 15.6. The molecule has 0 saturated heterocycles. The van der Waals surface area contributed by atoms with Gasteiger partial charge >= 0.3 is 0 Å². The minimum absolute atomic E-state index is 0.00662. The van der Waals surface area contributed by atoms with Crippen LogP contribution in [-0.2, 0) is 0 Å². The average molecular weight is 437 g/mol. The number of rotatable bonds is 5. The molecule has 4 rings (SSSR count). The number of thioether (sulfide) groups is 1. The average Bonchev–Trinajstić information content (AvgIpc) is 3.29. The fourth-order valence-corrected chi connectivity index (χ4v) is 5.43. The van der Waals surface area contributed by atoms with Crippen LogP contribution in [0.3, 0.4) is 0 Å².